The van der Waals surface area contributed by atoms with Crippen LogP contribution in [0.2, 0.25) is 0 Å². The van der Waals surface area contributed by atoms with E-state index in [-0.39, 0.29) is 5.91 Å². The zero-order valence-electron chi connectivity index (χ0n) is 11.9. The number of amides is 1. The van der Waals surface area contributed by atoms with Crippen molar-refractivity contribution in [1.82, 2.24) is 4.90 Å². The van der Waals surface area contributed by atoms with Gasteiger partial charge in [0.1, 0.15) is 0 Å². The summed E-state index contributed by atoms with van der Waals surface area (Å²) in [7, 11) is 1.91. The van der Waals surface area contributed by atoms with Crippen molar-refractivity contribution in [3.05, 3.63) is 0 Å². The fourth-order valence-electron chi connectivity index (χ4n) is 3.07. The second kappa shape index (κ2) is 6.68. The van der Waals surface area contributed by atoms with Gasteiger partial charge in [-0.25, -0.2) is 0 Å². The number of hydrogen-bond acceptors (Lipinski definition) is 4. The quantitative estimate of drug-likeness (QED) is 0.813. The van der Waals surface area contributed by atoms with Gasteiger partial charge in [0, 0.05) is 46.6 Å². The van der Waals surface area contributed by atoms with Crippen molar-refractivity contribution >= 4 is 5.91 Å². The van der Waals surface area contributed by atoms with E-state index in [0.717, 1.165) is 45.4 Å². The molecule has 110 valence electrons. The van der Waals surface area contributed by atoms with Crippen LogP contribution in [0.1, 0.15) is 25.7 Å². The highest BCUT2D eigenvalue weighted by molar-refractivity contribution is 5.83. The van der Waals surface area contributed by atoms with Crippen molar-refractivity contribution in [2.45, 2.75) is 25.7 Å². The Morgan fingerprint density at radius 2 is 1.79 bits per heavy atom. The molecule has 0 aromatic carbocycles. The predicted molar refractivity (Wildman–Crippen MR) is 72.7 cm³/mol. The Hall–Kier alpha value is -0.650. The molecule has 0 radical (unpaired) electrons. The molecule has 0 spiro atoms. The fraction of sp³-hybridized carbons (Fsp3) is 0.929. The first kappa shape index (κ1) is 14.8. The molecule has 0 aliphatic carbocycles. The van der Waals surface area contributed by atoms with Gasteiger partial charge < -0.3 is 20.1 Å². The van der Waals surface area contributed by atoms with Gasteiger partial charge in [0.2, 0.25) is 5.91 Å². The van der Waals surface area contributed by atoms with Crippen LogP contribution >= 0.6 is 0 Å². The molecule has 19 heavy (non-hydrogen) atoms. The summed E-state index contributed by atoms with van der Waals surface area (Å²) >= 11 is 0. The van der Waals surface area contributed by atoms with Gasteiger partial charge in [-0.05, 0) is 31.6 Å². The maximum Gasteiger partial charge on any atom is 0.229 e. The van der Waals surface area contributed by atoms with Crippen molar-refractivity contribution in [1.29, 1.82) is 0 Å². The van der Waals surface area contributed by atoms with E-state index < -0.39 is 5.41 Å². The third-order valence-corrected chi connectivity index (χ3v) is 4.51. The lowest BCUT2D eigenvalue weighted by molar-refractivity contribution is -0.146. The monoisotopic (exact) mass is 270 g/mol. The van der Waals surface area contributed by atoms with E-state index in [0.29, 0.717) is 25.7 Å². The number of ether oxygens (including phenoxy) is 2. The average Bonchev–Trinajstić information content (AvgIpc) is 2.48. The minimum absolute atomic E-state index is 0.199. The lowest BCUT2D eigenvalue weighted by atomic mass is 9.78. The topological polar surface area (TPSA) is 64.8 Å². The molecule has 0 aromatic heterocycles. The van der Waals surface area contributed by atoms with Crippen LogP contribution in [0.3, 0.4) is 0 Å². The number of nitrogens with two attached hydrogens (primary N) is 1. The summed E-state index contributed by atoms with van der Waals surface area (Å²) in [5.41, 5.74) is 5.50. The predicted octanol–water partition coefficient (Wildman–Crippen LogP) is 0.627. The Labute approximate surface area is 115 Å². The zero-order chi connectivity index (χ0) is 13.7. The molecule has 0 saturated carbocycles. The van der Waals surface area contributed by atoms with E-state index in [1.807, 2.05) is 11.9 Å². The molecule has 2 aliphatic rings. The molecule has 2 rings (SSSR count). The van der Waals surface area contributed by atoms with Crippen molar-refractivity contribution in [2.24, 2.45) is 17.1 Å². The first-order chi connectivity index (χ1) is 9.18. The lowest BCUT2D eigenvalue weighted by Gasteiger charge is -2.39. The van der Waals surface area contributed by atoms with E-state index in [1.165, 1.54) is 0 Å². The van der Waals surface area contributed by atoms with E-state index in [9.17, 15) is 4.79 Å². The Kier molecular flexibility index (Phi) is 5.19. The van der Waals surface area contributed by atoms with Crippen molar-refractivity contribution in [3.63, 3.8) is 0 Å². The normalized spacial score (nSPS) is 24.1. The van der Waals surface area contributed by atoms with Crippen LogP contribution in [0, 0.1) is 11.3 Å². The van der Waals surface area contributed by atoms with E-state index in [4.69, 9.17) is 15.2 Å². The number of carbonyl (C=O) groups is 1. The Morgan fingerprint density at radius 3 is 2.37 bits per heavy atom. The molecule has 0 aromatic rings. The van der Waals surface area contributed by atoms with Crippen LogP contribution in [0.25, 0.3) is 0 Å². The molecule has 2 N–H and O–H groups in total. The minimum atomic E-state index is -0.391. The average molecular weight is 270 g/mol. The van der Waals surface area contributed by atoms with E-state index >= 15 is 0 Å². The highest BCUT2D eigenvalue weighted by Crippen LogP contribution is 2.32. The van der Waals surface area contributed by atoms with Gasteiger partial charge >= 0.3 is 0 Å². The summed E-state index contributed by atoms with van der Waals surface area (Å²) in [6.07, 6.45) is 3.60. The van der Waals surface area contributed by atoms with Gasteiger partial charge in [-0.1, -0.05) is 0 Å². The molecule has 2 heterocycles. The SMILES string of the molecule is CN(CC1CCOCC1)C(=O)C1(CN)CCOCC1. The van der Waals surface area contributed by atoms with Gasteiger partial charge in [0.25, 0.3) is 0 Å². The van der Waals surface area contributed by atoms with Gasteiger partial charge in [-0.3, -0.25) is 4.79 Å². The third-order valence-electron chi connectivity index (χ3n) is 4.51. The summed E-state index contributed by atoms with van der Waals surface area (Å²) in [4.78, 5) is 14.6. The molecular formula is C14H26N2O3. The lowest BCUT2D eigenvalue weighted by Crippen LogP contribution is -2.50. The van der Waals surface area contributed by atoms with Crippen LogP contribution in [-0.4, -0.2) is 57.4 Å². The van der Waals surface area contributed by atoms with Crippen molar-refractivity contribution < 1.29 is 14.3 Å². The Balaban J connectivity index is 1.92. The van der Waals surface area contributed by atoms with Gasteiger partial charge in [0.15, 0.2) is 0 Å². The molecule has 2 fully saturated rings. The largest absolute Gasteiger partial charge is 0.381 e. The van der Waals surface area contributed by atoms with Gasteiger partial charge in [-0.2, -0.15) is 0 Å². The maximum absolute atomic E-state index is 12.7. The molecule has 0 unspecified atom stereocenters. The highest BCUT2D eigenvalue weighted by Gasteiger charge is 2.40. The second-order valence-corrected chi connectivity index (χ2v) is 5.84. The molecule has 2 aliphatic heterocycles. The van der Waals surface area contributed by atoms with Crippen molar-refractivity contribution in [2.75, 3.05) is 46.6 Å². The standard InChI is InChI=1S/C14H26N2O3/c1-16(10-12-2-6-18-7-3-12)13(17)14(11-15)4-8-19-9-5-14/h12H,2-11,15H2,1H3. The van der Waals surface area contributed by atoms with Crippen LogP contribution in [0.5, 0.6) is 0 Å². The summed E-state index contributed by atoms with van der Waals surface area (Å²) in [5, 5.41) is 0. The maximum atomic E-state index is 12.7. The van der Waals surface area contributed by atoms with Gasteiger partial charge in [0.05, 0.1) is 5.41 Å². The third kappa shape index (κ3) is 3.46. The van der Waals surface area contributed by atoms with Crippen LogP contribution < -0.4 is 5.73 Å². The zero-order valence-corrected chi connectivity index (χ0v) is 11.9. The van der Waals surface area contributed by atoms with Crippen LogP contribution in [0.15, 0.2) is 0 Å². The summed E-state index contributed by atoms with van der Waals surface area (Å²) in [5.74, 6) is 0.766. The first-order valence-electron chi connectivity index (χ1n) is 7.29. The van der Waals surface area contributed by atoms with Gasteiger partial charge in [-0.15, -0.1) is 0 Å². The second-order valence-electron chi connectivity index (χ2n) is 5.84. The fourth-order valence-corrected chi connectivity index (χ4v) is 3.07. The first-order valence-corrected chi connectivity index (χ1v) is 7.29. The number of rotatable bonds is 4. The molecule has 5 heteroatoms. The number of carbonyl (C=O) groups excluding carboxylic acids is 1. The minimum Gasteiger partial charge on any atom is -0.381 e. The molecule has 2 saturated heterocycles. The van der Waals surface area contributed by atoms with Crippen LogP contribution in [-0.2, 0) is 14.3 Å². The molecular weight excluding hydrogens is 244 g/mol. The van der Waals surface area contributed by atoms with E-state index in [1.54, 1.807) is 0 Å². The smallest absolute Gasteiger partial charge is 0.229 e. The van der Waals surface area contributed by atoms with Crippen LogP contribution in [0.4, 0.5) is 0 Å². The molecule has 5 nitrogen and oxygen atoms in total. The molecule has 1 amide bonds. The van der Waals surface area contributed by atoms with E-state index in [2.05, 4.69) is 0 Å². The summed E-state index contributed by atoms with van der Waals surface area (Å²) in [6, 6.07) is 0. The highest BCUT2D eigenvalue weighted by atomic mass is 16.5. The summed E-state index contributed by atoms with van der Waals surface area (Å²) in [6.45, 7) is 4.19. The molecule has 0 bridgehead atoms. The number of hydrogen-bond donors (Lipinski definition) is 1. The molecule has 0 atom stereocenters. The Morgan fingerprint density at radius 1 is 1.21 bits per heavy atom. The van der Waals surface area contributed by atoms with Crippen molar-refractivity contribution in [3.8, 4) is 0 Å². The number of nitrogens with zero attached hydrogens (tertiary/aromatic N) is 1. The Bertz CT molecular complexity index is 297. The summed E-state index contributed by atoms with van der Waals surface area (Å²) < 4.78 is 10.7.